The summed E-state index contributed by atoms with van der Waals surface area (Å²) in [5, 5.41) is 12.9. The van der Waals surface area contributed by atoms with E-state index in [1.807, 2.05) is 0 Å². The van der Waals surface area contributed by atoms with Crippen molar-refractivity contribution in [3.63, 3.8) is 0 Å². The van der Waals surface area contributed by atoms with Gasteiger partial charge >= 0.3 is 0 Å². The molecule has 1 aromatic carbocycles. The van der Waals surface area contributed by atoms with Crippen LogP contribution in [-0.4, -0.2) is 21.6 Å². The number of rotatable bonds is 1. The molecule has 1 aromatic heterocycles. The second-order valence-electron chi connectivity index (χ2n) is 4.41. The zero-order chi connectivity index (χ0) is 15.3. The average molecular weight is 288 g/mol. The zero-order valence-corrected chi connectivity index (χ0v) is 10.6. The molecule has 0 aliphatic carbocycles. The summed E-state index contributed by atoms with van der Waals surface area (Å²) >= 11 is 0. The number of hydrogen-bond donors (Lipinski definition) is 0. The Morgan fingerprint density at radius 3 is 2.14 bits per heavy atom. The Hall–Kier alpha value is -3.08. The number of amides is 2. The molecular formula is C13H6F2N4O2. The van der Waals surface area contributed by atoms with Crippen LogP contribution in [0.3, 0.4) is 0 Å². The van der Waals surface area contributed by atoms with E-state index in [1.54, 1.807) is 6.07 Å². The van der Waals surface area contributed by atoms with E-state index in [0.29, 0.717) is 17.0 Å². The number of nitrogens with zero attached hydrogens (tertiary/aromatic N) is 4. The Kier molecular flexibility index (Phi) is 2.59. The quantitative estimate of drug-likeness (QED) is 0.742. The second kappa shape index (κ2) is 4.21. The van der Waals surface area contributed by atoms with Crippen LogP contribution in [0.4, 0.5) is 14.6 Å². The van der Waals surface area contributed by atoms with Crippen molar-refractivity contribution in [2.75, 3.05) is 4.90 Å². The number of aryl methyl sites for hydroxylation is 1. The van der Waals surface area contributed by atoms with Crippen molar-refractivity contribution in [1.29, 1.82) is 5.26 Å². The summed E-state index contributed by atoms with van der Waals surface area (Å²) in [4.78, 5) is 25.1. The standard InChI is InChI=1S/C13H6F2N4O2/c1-18-5-6(4-16)11(17-18)19-12(20)7-2-9(14)10(15)3-8(7)13(19)21/h2-3,5H,1H3. The molecule has 21 heavy (non-hydrogen) atoms. The molecule has 6 nitrogen and oxygen atoms in total. The van der Waals surface area contributed by atoms with Crippen LogP contribution in [0.1, 0.15) is 26.3 Å². The first-order valence-electron chi connectivity index (χ1n) is 5.75. The van der Waals surface area contributed by atoms with Gasteiger partial charge in [-0.15, -0.1) is 0 Å². The van der Waals surface area contributed by atoms with Gasteiger partial charge in [-0.1, -0.05) is 0 Å². The minimum atomic E-state index is -1.22. The van der Waals surface area contributed by atoms with Crippen molar-refractivity contribution in [2.45, 2.75) is 0 Å². The van der Waals surface area contributed by atoms with Crippen LogP contribution in [0.5, 0.6) is 0 Å². The van der Waals surface area contributed by atoms with Gasteiger partial charge in [-0.05, 0) is 12.1 Å². The minimum absolute atomic E-state index is 0.00736. The molecule has 0 saturated carbocycles. The van der Waals surface area contributed by atoms with Crippen LogP contribution < -0.4 is 4.90 Å². The molecule has 1 aliphatic heterocycles. The number of aromatic nitrogens is 2. The topological polar surface area (TPSA) is 79.0 Å². The van der Waals surface area contributed by atoms with Crippen LogP contribution in [-0.2, 0) is 7.05 Å². The highest BCUT2D eigenvalue weighted by atomic mass is 19.2. The third-order valence-corrected chi connectivity index (χ3v) is 3.07. The van der Waals surface area contributed by atoms with Crippen LogP contribution in [0.15, 0.2) is 18.3 Å². The maximum absolute atomic E-state index is 13.2. The molecule has 2 aromatic rings. The lowest BCUT2D eigenvalue weighted by Gasteiger charge is -2.10. The van der Waals surface area contributed by atoms with E-state index in [1.165, 1.54) is 17.9 Å². The highest BCUT2D eigenvalue weighted by Gasteiger charge is 2.40. The van der Waals surface area contributed by atoms with Crippen molar-refractivity contribution in [1.82, 2.24) is 9.78 Å². The van der Waals surface area contributed by atoms with Crippen molar-refractivity contribution in [2.24, 2.45) is 7.05 Å². The number of carbonyl (C=O) groups excluding carboxylic acids is 2. The molecule has 8 heteroatoms. The molecule has 0 atom stereocenters. The van der Waals surface area contributed by atoms with Gasteiger partial charge in [-0.25, -0.2) is 13.7 Å². The molecule has 0 radical (unpaired) electrons. The molecule has 104 valence electrons. The molecular weight excluding hydrogens is 282 g/mol. The summed E-state index contributed by atoms with van der Waals surface area (Å²) in [6, 6.07) is 3.14. The van der Waals surface area contributed by atoms with E-state index in [-0.39, 0.29) is 22.5 Å². The summed E-state index contributed by atoms with van der Waals surface area (Å²) in [6.45, 7) is 0. The number of benzene rings is 1. The smallest absolute Gasteiger partial charge is 0.267 e. The first kappa shape index (κ1) is 12.9. The second-order valence-corrected chi connectivity index (χ2v) is 4.41. The van der Waals surface area contributed by atoms with Gasteiger partial charge in [-0.3, -0.25) is 14.3 Å². The van der Waals surface area contributed by atoms with Gasteiger partial charge in [0.2, 0.25) is 0 Å². The Morgan fingerprint density at radius 2 is 1.67 bits per heavy atom. The summed E-state index contributed by atoms with van der Waals surface area (Å²) in [5.41, 5.74) is -0.505. The largest absolute Gasteiger partial charge is 0.272 e. The van der Waals surface area contributed by atoms with E-state index in [2.05, 4.69) is 5.10 Å². The van der Waals surface area contributed by atoms with E-state index < -0.39 is 23.4 Å². The molecule has 0 unspecified atom stereocenters. The van der Waals surface area contributed by atoms with Crippen LogP contribution >= 0.6 is 0 Å². The number of imide groups is 1. The number of fused-ring (bicyclic) bond motifs is 1. The highest BCUT2D eigenvalue weighted by Crippen LogP contribution is 2.30. The van der Waals surface area contributed by atoms with E-state index >= 15 is 0 Å². The maximum Gasteiger partial charge on any atom is 0.267 e. The first-order chi connectivity index (χ1) is 9.93. The van der Waals surface area contributed by atoms with E-state index in [4.69, 9.17) is 5.26 Å². The SMILES string of the molecule is Cn1cc(C#N)c(N2C(=O)c3cc(F)c(F)cc3C2=O)n1. The molecule has 0 N–H and O–H groups in total. The Bertz CT molecular complexity index is 810. The number of halogens is 2. The Balaban J connectivity index is 2.18. The zero-order valence-electron chi connectivity index (χ0n) is 10.6. The van der Waals surface area contributed by atoms with Gasteiger partial charge in [0.25, 0.3) is 11.8 Å². The Morgan fingerprint density at radius 1 is 1.14 bits per heavy atom. The molecule has 0 bridgehead atoms. The lowest BCUT2D eigenvalue weighted by Crippen LogP contribution is -2.30. The predicted molar refractivity (Wildman–Crippen MR) is 65.4 cm³/mol. The first-order valence-corrected chi connectivity index (χ1v) is 5.75. The van der Waals surface area contributed by atoms with Crippen molar-refractivity contribution in [3.05, 3.63) is 46.7 Å². The normalized spacial score (nSPS) is 13.5. The van der Waals surface area contributed by atoms with Gasteiger partial charge in [0.1, 0.15) is 11.6 Å². The van der Waals surface area contributed by atoms with Crippen LogP contribution in [0.25, 0.3) is 0 Å². The van der Waals surface area contributed by atoms with Gasteiger partial charge in [0.15, 0.2) is 17.5 Å². The monoisotopic (exact) mass is 288 g/mol. The highest BCUT2D eigenvalue weighted by molar-refractivity contribution is 6.34. The predicted octanol–water partition coefficient (Wildman–Crippen LogP) is 1.37. The fourth-order valence-corrected chi connectivity index (χ4v) is 2.15. The number of hydrogen-bond acceptors (Lipinski definition) is 4. The average Bonchev–Trinajstić information content (AvgIpc) is 2.91. The Labute approximate surface area is 116 Å². The molecule has 2 heterocycles. The molecule has 0 spiro atoms. The lowest BCUT2D eigenvalue weighted by molar-refractivity contribution is 0.0924. The summed E-state index contributed by atoms with van der Waals surface area (Å²) in [5.74, 6) is -4.29. The number of nitriles is 1. The fraction of sp³-hybridized carbons (Fsp3) is 0.0769. The van der Waals surface area contributed by atoms with Gasteiger partial charge in [0.05, 0.1) is 11.1 Å². The van der Waals surface area contributed by atoms with Crippen molar-refractivity contribution >= 4 is 17.6 Å². The van der Waals surface area contributed by atoms with Crippen LogP contribution in [0, 0.1) is 23.0 Å². The summed E-state index contributed by atoms with van der Waals surface area (Å²) in [7, 11) is 1.52. The maximum atomic E-state index is 13.2. The molecule has 0 fully saturated rings. The van der Waals surface area contributed by atoms with E-state index in [9.17, 15) is 18.4 Å². The summed E-state index contributed by atoms with van der Waals surface area (Å²) < 4.78 is 27.7. The van der Waals surface area contributed by atoms with Crippen molar-refractivity contribution < 1.29 is 18.4 Å². The third kappa shape index (κ3) is 1.71. The van der Waals surface area contributed by atoms with E-state index in [0.717, 1.165) is 0 Å². The van der Waals surface area contributed by atoms with Gasteiger partial charge < -0.3 is 0 Å². The van der Waals surface area contributed by atoms with Crippen LogP contribution in [0.2, 0.25) is 0 Å². The van der Waals surface area contributed by atoms with Crippen molar-refractivity contribution in [3.8, 4) is 6.07 Å². The molecule has 1 aliphatic rings. The molecule has 0 saturated heterocycles. The van der Waals surface area contributed by atoms with Gasteiger partial charge in [-0.2, -0.15) is 10.4 Å². The molecule has 3 rings (SSSR count). The third-order valence-electron chi connectivity index (χ3n) is 3.07. The summed E-state index contributed by atoms with van der Waals surface area (Å²) in [6.07, 6.45) is 1.33. The van der Waals surface area contributed by atoms with Gasteiger partial charge in [0, 0.05) is 13.2 Å². The molecule has 2 amide bonds. The number of anilines is 1. The number of carbonyl (C=O) groups is 2. The fourth-order valence-electron chi connectivity index (χ4n) is 2.15. The lowest BCUT2D eigenvalue weighted by atomic mass is 10.1. The minimum Gasteiger partial charge on any atom is -0.272 e.